The van der Waals surface area contributed by atoms with Gasteiger partial charge >= 0.3 is 6.09 Å². The number of benzene rings is 1. The van der Waals surface area contributed by atoms with Gasteiger partial charge in [-0.15, -0.1) is 0 Å². The van der Waals surface area contributed by atoms with Gasteiger partial charge < -0.3 is 10.1 Å². The second-order valence-corrected chi connectivity index (χ2v) is 5.86. The van der Waals surface area contributed by atoms with Crippen LogP contribution in [0.15, 0.2) is 36.5 Å². The summed E-state index contributed by atoms with van der Waals surface area (Å²) < 4.78 is 5.15. The van der Waals surface area contributed by atoms with Crippen molar-refractivity contribution < 1.29 is 9.53 Å². The number of pyridine rings is 1. The lowest BCUT2D eigenvalue weighted by Crippen LogP contribution is -2.32. The molecule has 0 aliphatic heterocycles. The first kappa shape index (κ1) is 15.8. The third kappa shape index (κ3) is 4.78. The predicted octanol–water partition coefficient (Wildman–Crippen LogP) is 3.50. The molecule has 0 aliphatic carbocycles. The molecule has 0 spiro atoms. The van der Waals surface area contributed by atoms with E-state index in [1.54, 1.807) is 6.20 Å². The Kier molecular flexibility index (Phi) is 5.00. The number of carbonyl (C=O) groups is 1. The van der Waals surface area contributed by atoms with Crippen LogP contribution in [-0.4, -0.2) is 23.2 Å². The monoisotopic (exact) mass is 296 g/mol. The molecule has 4 heteroatoms. The number of carbonyl (C=O) groups excluding carboxylic acids is 1. The summed E-state index contributed by atoms with van der Waals surface area (Å²) in [4.78, 5) is 15.8. The van der Waals surface area contributed by atoms with Gasteiger partial charge in [0.2, 0.25) is 0 Å². The van der Waals surface area contributed by atoms with Gasteiger partial charge in [-0.1, -0.05) is 30.0 Å². The molecular formula is C18H20N2O2. The second kappa shape index (κ2) is 6.95. The molecule has 114 valence electrons. The predicted molar refractivity (Wildman–Crippen MR) is 87.5 cm³/mol. The van der Waals surface area contributed by atoms with Crippen molar-refractivity contribution in [2.45, 2.75) is 32.8 Å². The van der Waals surface area contributed by atoms with Gasteiger partial charge in [-0.05, 0) is 32.9 Å². The van der Waals surface area contributed by atoms with Crippen LogP contribution in [0.5, 0.6) is 0 Å². The highest BCUT2D eigenvalue weighted by Gasteiger charge is 2.15. The van der Waals surface area contributed by atoms with Crippen LogP contribution in [0.25, 0.3) is 10.9 Å². The summed E-state index contributed by atoms with van der Waals surface area (Å²) in [6.45, 7) is 5.96. The lowest BCUT2D eigenvalue weighted by Gasteiger charge is -2.19. The molecule has 0 aliphatic rings. The standard InChI is InChI=1S/C18H20N2O2/c1-18(2,3)22-17(21)20-12-5-4-8-14-9-6-10-15-11-7-13-19-16(14)15/h6-7,9-11,13H,5,12H2,1-3H3,(H,20,21). The average molecular weight is 296 g/mol. The maximum atomic E-state index is 11.5. The van der Waals surface area contributed by atoms with Gasteiger partial charge in [-0.2, -0.15) is 0 Å². The summed E-state index contributed by atoms with van der Waals surface area (Å²) in [5, 5.41) is 3.75. The molecule has 4 nitrogen and oxygen atoms in total. The van der Waals surface area contributed by atoms with Crippen LogP contribution in [0.2, 0.25) is 0 Å². The number of ether oxygens (including phenoxy) is 1. The van der Waals surface area contributed by atoms with Crippen LogP contribution in [0.1, 0.15) is 32.8 Å². The van der Waals surface area contributed by atoms with Gasteiger partial charge in [0.25, 0.3) is 0 Å². The normalized spacial score (nSPS) is 10.7. The third-order valence-corrected chi connectivity index (χ3v) is 2.77. The fourth-order valence-corrected chi connectivity index (χ4v) is 1.90. The molecule has 22 heavy (non-hydrogen) atoms. The van der Waals surface area contributed by atoms with E-state index in [0.29, 0.717) is 13.0 Å². The summed E-state index contributed by atoms with van der Waals surface area (Å²) in [6.07, 6.45) is 1.90. The van der Waals surface area contributed by atoms with Crippen molar-refractivity contribution in [2.75, 3.05) is 6.54 Å². The fourth-order valence-electron chi connectivity index (χ4n) is 1.90. The van der Waals surface area contributed by atoms with Crippen LogP contribution < -0.4 is 5.32 Å². The molecule has 1 N–H and O–H groups in total. The molecule has 0 unspecified atom stereocenters. The van der Waals surface area contributed by atoms with Gasteiger partial charge in [-0.3, -0.25) is 4.98 Å². The van der Waals surface area contributed by atoms with Crippen molar-refractivity contribution in [1.29, 1.82) is 0 Å². The van der Waals surface area contributed by atoms with Gasteiger partial charge in [0.15, 0.2) is 0 Å². The Bertz CT molecular complexity index is 716. The summed E-state index contributed by atoms with van der Waals surface area (Å²) in [7, 11) is 0. The van der Waals surface area contributed by atoms with E-state index in [-0.39, 0.29) is 0 Å². The van der Waals surface area contributed by atoms with Crippen molar-refractivity contribution in [3.8, 4) is 11.8 Å². The second-order valence-electron chi connectivity index (χ2n) is 5.86. The van der Waals surface area contributed by atoms with Crippen molar-refractivity contribution in [3.63, 3.8) is 0 Å². The van der Waals surface area contributed by atoms with Crippen LogP contribution >= 0.6 is 0 Å². The molecule has 0 atom stereocenters. The largest absolute Gasteiger partial charge is 0.444 e. The van der Waals surface area contributed by atoms with E-state index in [4.69, 9.17) is 4.74 Å². The Hall–Kier alpha value is -2.54. The van der Waals surface area contributed by atoms with E-state index in [0.717, 1.165) is 16.5 Å². The number of fused-ring (bicyclic) bond motifs is 1. The minimum absolute atomic E-state index is 0.416. The topological polar surface area (TPSA) is 51.2 Å². The smallest absolute Gasteiger partial charge is 0.407 e. The number of para-hydroxylation sites is 1. The van der Waals surface area contributed by atoms with Crippen molar-refractivity contribution in [2.24, 2.45) is 0 Å². The molecule has 0 saturated carbocycles. The Balaban J connectivity index is 1.90. The molecular weight excluding hydrogens is 276 g/mol. The number of nitrogens with one attached hydrogen (secondary N) is 1. The number of aromatic nitrogens is 1. The summed E-state index contributed by atoms with van der Waals surface area (Å²) >= 11 is 0. The highest BCUT2D eigenvalue weighted by molar-refractivity contribution is 5.84. The number of alkyl carbamates (subject to hydrolysis) is 1. The van der Waals surface area contributed by atoms with E-state index in [9.17, 15) is 4.79 Å². The maximum Gasteiger partial charge on any atom is 0.407 e. The zero-order chi connectivity index (χ0) is 16.0. The van der Waals surface area contributed by atoms with Gasteiger partial charge in [0, 0.05) is 24.5 Å². The molecule has 2 rings (SSSR count). The zero-order valence-corrected chi connectivity index (χ0v) is 13.1. The number of hydrogen-bond donors (Lipinski definition) is 1. The minimum atomic E-state index is -0.482. The number of amides is 1. The van der Waals surface area contributed by atoms with Crippen molar-refractivity contribution in [1.82, 2.24) is 10.3 Å². The van der Waals surface area contributed by atoms with Gasteiger partial charge in [0.05, 0.1) is 11.1 Å². The van der Waals surface area contributed by atoms with E-state index in [1.807, 2.05) is 51.1 Å². The molecule has 0 radical (unpaired) electrons. The van der Waals surface area contributed by atoms with E-state index in [1.165, 1.54) is 0 Å². The van der Waals surface area contributed by atoms with E-state index < -0.39 is 11.7 Å². The van der Waals surface area contributed by atoms with Crippen LogP contribution in [-0.2, 0) is 4.74 Å². The lowest BCUT2D eigenvalue weighted by molar-refractivity contribution is 0.0529. The highest BCUT2D eigenvalue weighted by atomic mass is 16.6. The van der Waals surface area contributed by atoms with Crippen LogP contribution in [0.4, 0.5) is 4.79 Å². The SMILES string of the molecule is CC(C)(C)OC(=O)NCCC#Cc1cccc2cccnc12. The van der Waals surface area contributed by atoms with Gasteiger partial charge in [0.1, 0.15) is 5.60 Å². The molecule has 0 saturated heterocycles. The number of hydrogen-bond acceptors (Lipinski definition) is 3. The summed E-state index contributed by atoms with van der Waals surface area (Å²) in [6, 6.07) is 9.84. The molecule has 1 heterocycles. The van der Waals surface area contributed by atoms with E-state index >= 15 is 0 Å². The lowest BCUT2D eigenvalue weighted by atomic mass is 10.1. The van der Waals surface area contributed by atoms with Gasteiger partial charge in [-0.25, -0.2) is 4.79 Å². The Labute approximate surface area is 130 Å². The first-order valence-electron chi connectivity index (χ1n) is 7.25. The first-order chi connectivity index (χ1) is 10.5. The first-order valence-corrected chi connectivity index (χ1v) is 7.25. The van der Waals surface area contributed by atoms with Crippen molar-refractivity contribution >= 4 is 17.0 Å². The molecule has 2 aromatic rings. The summed E-state index contributed by atoms with van der Waals surface area (Å²) in [5.41, 5.74) is 1.32. The fraction of sp³-hybridized carbons (Fsp3) is 0.333. The Morgan fingerprint density at radius 2 is 2.05 bits per heavy atom. The quantitative estimate of drug-likeness (QED) is 0.681. The maximum absolute atomic E-state index is 11.5. The Morgan fingerprint density at radius 3 is 2.82 bits per heavy atom. The minimum Gasteiger partial charge on any atom is -0.444 e. The molecule has 1 amide bonds. The summed E-state index contributed by atoms with van der Waals surface area (Å²) in [5.74, 6) is 6.16. The molecule has 1 aromatic carbocycles. The average Bonchev–Trinajstić information content (AvgIpc) is 2.45. The van der Waals surface area contributed by atoms with Crippen LogP contribution in [0.3, 0.4) is 0 Å². The van der Waals surface area contributed by atoms with Crippen molar-refractivity contribution in [3.05, 3.63) is 42.1 Å². The van der Waals surface area contributed by atoms with E-state index in [2.05, 4.69) is 22.1 Å². The molecule has 1 aromatic heterocycles. The third-order valence-electron chi connectivity index (χ3n) is 2.77. The number of rotatable bonds is 2. The Morgan fingerprint density at radius 1 is 1.27 bits per heavy atom. The molecule has 0 bridgehead atoms. The van der Waals surface area contributed by atoms with Crippen LogP contribution in [0, 0.1) is 11.8 Å². The highest BCUT2D eigenvalue weighted by Crippen LogP contribution is 2.14. The molecule has 0 fully saturated rings. The zero-order valence-electron chi connectivity index (χ0n) is 13.1. The number of nitrogens with zero attached hydrogens (tertiary/aromatic N) is 1.